The van der Waals surface area contributed by atoms with Crippen LogP contribution in [0.25, 0.3) is 0 Å². The van der Waals surface area contributed by atoms with Crippen LogP contribution < -0.4 is 5.32 Å². The Hall–Kier alpha value is -1.97. The van der Waals surface area contributed by atoms with Crippen molar-refractivity contribution in [1.29, 1.82) is 0 Å². The van der Waals surface area contributed by atoms with Crippen molar-refractivity contribution < 1.29 is 23.1 Å². The number of hydrogen-bond donors (Lipinski definition) is 2. The second-order valence-electron chi connectivity index (χ2n) is 11.2. The van der Waals surface area contributed by atoms with E-state index in [-0.39, 0.29) is 24.4 Å². The predicted octanol–water partition coefficient (Wildman–Crippen LogP) is 6.36. The van der Waals surface area contributed by atoms with Crippen LogP contribution in [0.15, 0.2) is 24.4 Å². The molecule has 1 aromatic carbocycles. The topological polar surface area (TPSA) is 65.5 Å². The van der Waals surface area contributed by atoms with Crippen LogP contribution in [0.1, 0.15) is 91.8 Å². The Morgan fingerprint density at radius 3 is 2.50 bits per heavy atom. The maximum Gasteiger partial charge on any atom is 0.416 e. The van der Waals surface area contributed by atoms with Crippen molar-refractivity contribution >= 4 is 17.2 Å². The number of carbonyl (C=O) groups excluding carboxylic acids is 1. The number of nitrogens with one attached hydrogen (secondary N) is 1. The third-order valence-corrected chi connectivity index (χ3v) is 9.05. The minimum atomic E-state index is -4.38. The quantitative estimate of drug-likeness (QED) is 0.464. The molecule has 1 aliphatic heterocycles. The molecule has 2 fully saturated rings. The number of benzene rings is 1. The molecule has 2 unspecified atom stereocenters. The third kappa shape index (κ3) is 6.77. The lowest BCUT2D eigenvalue weighted by Gasteiger charge is -2.36. The first-order valence-corrected chi connectivity index (χ1v) is 14.7. The molecular formula is C29H40F3N3O2S. The molecule has 1 aromatic heterocycles. The summed E-state index contributed by atoms with van der Waals surface area (Å²) in [7, 11) is 0. The Bertz CT molecular complexity index is 1090. The molecule has 0 bridgehead atoms. The number of halogens is 3. The maximum absolute atomic E-state index is 13.2. The largest absolute Gasteiger partial charge is 0.416 e. The van der Waals surface area contributed by atoms with E-state index < -0.39 is 17.3 Å². The molecule has 2 N–H and O–H groups in total. The van der Waals surface area contributed by atoms with Gasteiger partial charge in [-0.05, 0) is 81.5 Å². The van der Waals surface area contributed by atoms with Crippen LogP contribution >= 0.6 is 11.3 Å². The number of amides is 1. The van der Waals surface area contributed by atoms with Gasteiger partial charge in [0.15, 0.2) is 0 Å². The number of fused-ring (bicyclic) bond motifs is 1. The first-order valence-electron chi connectivity index (χ1n) is 13.9. The molecule has 0 spiro atoms. The van der Waals surface area contributed by atoms with Gasteiger partial charge in [-0.25, -0.2) is 4.98 Å². The van der Waals surface area contributed by atoms with Gasteiger partial charge in [0.05, 0.1) is 5.56 Å². The zero-order valence-corrected chi connectivity index (χ0v) is 23.4. The number of aromatic nitrogens is 1. The number of thiazole rings is 1. The lowest BCUT2D eigenvalue weighted by atomic mass is 9.82. The number of alkyl halides is 3. The lowest BCUT2D eigenvalue weighted by molar-refractivity contribution is -0.137. The molecule has 5 nitrogen and oxygen atoms in total. The first kappa shape index (κ1) is 29.0. The van der Waals surface area contributed by atoms with E-state index >= 15 is 0 Å². The minimum absolute atomic E-state index is 0.0644. The van der Waals surface area contributed by atoms with E-state index in [0.29, 0.717) is 37.4 Å². The summed E-state index contributed by atoms with van der Waals surface area (Å²) in [4.78, 5) is 20.5. The highest BCUT2D eigenvalue weighted by molar-refractivity contribution is 7.11. The van der Waals surface area contributed by atoms with Crippen LogP contribution in [0.5, 0.6) is 0 Å². The third-order valence-electron chi connectivity index (χ3n) is 7.94. The summed E-state index contributed by atoms with van der Waals surface area (Å²) in [5.74, 6) is -0.0202. The van der Waals surface area contributed by atoms with Crippen molar-refractivity contribution in [1.82, 2.24) is 15.2 Å². The Labute approximate surface area is 227 Å². The minimum Gasteiger partial charge on any atom is -0.383 e. The van der Waals surface area contributed by atoms with Gasteiger partial charge < -0.3 is 15.3 Å². The number of nitrogens with zero attached hydrogens (tertiary/aromatic N) is 2. The number of aliphatic hydroxyl groups is 1. The second-order valence-corrected chi connectivity index (χ2v) is 12.4. The van der Waals surface area contributed by atoms with Crippen molar-refractivity contribution in [3.63, 3.8) is 0 Å². The van der Waals surface area contributed by atoms with E-state index in [1.165, 1.54) is 12.5 Å². The molecule has 210 valence electrons. The summed E-state index contributed by atoms with van der Waals surface area (Å²) in [5, 5.41) is 15.6. The maximum atomic E-state index is 13.2. The summed E-state index contributed by atoms with van der Waals surface area (Å²) in [6, 6.07) is 4.46. The van der Waals surface area contributed by atoms with Crippen LogP contribution in [0.3, 0.4) is 0 Å². The highest BCUT2D eigenvalue weighted by Crippen LogP contribution is 2.40. The Morgan fingerprint density at radius 1 is 1.16 bits per heavy atom. The average Bonchev–Trinajstić information content (AvgIpc) is 3.54. The Kier molecular flexibility index (Phi) is 9.20. The molecule has 2 aromatic rings. The van der Waals surface area contributed by atoms with E-state index in [0.717, 1.165) is 53.6 Å². The molecule has 9 heteroatoms. The molecule has 2 atom stereocenters. The number of aryl methyl sites for hydroxylation is 1. The summed E-state index contributed by atoms with van der Waals surface area (Å²) in [6.45, 7) is 7.06. The van der Waals surface area contributed by atoms with E-state index in [2.05, 4.69) is 24.1 Å². The van der Waals surface area contributed by atoms with Gasteiger partial charge in [-0.2, -0.15) is 13.2 Å². The monoisotopic (exact) mass is 551 g/mol. The number of rotatable bonds is 4. The summed E-state index contributed by atoms with van der Waals surface area (Å²) in [6.07, 6.45) is 4.87. The molecule has 1 amide bonds. The van der Waals surface area contributed by atoms with Crippen molar-refractivity contribution in [2.45, 2.75) is 109 Å². The summed E-state index contributed by atoms with van der Waals surface area (Å²) >= 11 is 1.56. The highest BCUT2D eigenvalue weighted by atomic mass is 32.1. The fourth-order valence-electron chi connectivity index (χ4n) is 5.92. The van der Waals surface area contributed by atoms with Gasteiger partial charge in [0.25, 0.3) is 0 Å². The number of hydrogen-bond acceptors (Lipinski definition) is 5. The van der Waals surface area contributed by atoms with Crippen molar-refractivity contribution in [3.05, 3.63) is 51.0 Å². The lowest BCUT2D eigenvalue weighted by Crippen LogP contribution is -2.44. The van der Waals surface area contributed by atoms with Gasteiger partial charge in [0, 0.05) is 42.2 Å². The van der Waals surface area contributed by atoms with Gasteiger partial charge in [-0.3, -0.25) is 4.79 Å². The zero-order chi connectivity index (χ0) is 27.5. The van der Waals surface area contributed by atoms with Crippen LogP contribution in [0.2, 0.25) is 0 Å². The van der Waals surface area contributed by atoms with Crippen molar-refractivity contribution in [3.8, 4) is 0 Å². The standard InChI is InChI=1S/C26H32F3N3O2S.C3H8/c1-16-14-30-24(35-16)25(34)9-6-21(7-10-25)31-22-5-3-18(13-22)23(33)32-11-8-17-2-4-20(26(27,28)29)12-19(17)15-32;1-3-2/h2,4,12,14,18,21-22,31,34H,3,5-11,13,15H2,1H3;3H2,1-2H3. The first-order chi connectivity index (χ1) is 18.0. The van der Waals surface area contributed by atoms with Crippen LogP contribution in [0, 0.1) is 12.8 Å². The fourth-order valence-corrected chi connectivity index (χ4v) is 6.83. The molecule has 2 saturated carbocycles. The highest BCUT2D eigenvalue weighted by Gasteiger charge is 2.40. The summed E-state index contributed by atoms with van der Waals surface area (Å²) in [5.41, 5.74) is 0.0254. The van der Waals surface area contributed by atoms with Gasteiger partial charge >= 0.3 is 6.18 Å². The Balaban J connectivity index is 0.00000107. The smallest absolute Gasteiger partial charge is 0.383 e. The van der Waals surface area contributed by atoms with Crippen LogP contribution in [-0.2, 0) is 29.5 Å². The summed E-state index contributed by atoms with van der Waals surface area (Å²) < 4.78 is 39.4. The molecule has 2 aliphatic carbocycles. The molecule has 38 heavy (non-hydrogen) atoms. The van der Waals surface area contributed by atoms with Gasteiger partial charge in [-0.1, -0.05) is 26.3 Å². The van der Waals surface area contributed by atoms with Crippen molar-refractivity contribution in [2.75, 3.05) is 6.54 Å². The van der Waals surface area contributed by atoms with E-state index in [4.69, 9.17) is 0 Å². The average molecular weight is 552 g/mol. The Morgan fingerprint density at radius 2 is 1.87 bits per heavy atom. The molecule has 0 radical (unpaired) electrons. The predicted molar refractivity (Wildman–Crippen MR) is 144 cm³/mol. The normalized spacial score (nSPS) is 27.4. The van der Waals surface area contributed by atoms with Gasteiger partial charge in [0.2, 0.25) is 5.91 Å². The van der Waals surface area contributed by atoms with Crippen LogP contribution in [0.4, 0.5) is 13.2 Å². The van der Waals surface area contributed by atoms with E-state index in [1.807, 2.05) is 13.1 Å². The molecular weight excluding hydrogens is 511 g/mol. The molecule has 0 saturated heterocycles. The SMILES string of the molecule is CCC.Cc1cnc(C2(O)CCC(NC3CCC(C(=O)N4CCc5ccc(C(F)(F)F)cc5C4)C3)CC2)s1. The van der Waals surface area contributed by atoms with Crippen molar-refractivity contribution in [2.24, 2.45) is 5.92 Å². The molecule has 5 rings (SSSR count). The van der Waals surface area contributed by atoms with Crippen LogP contribution in [-0.4, -0.2) is 39.5 Å². The van der Waals surface area contributed by atoms with E-state index in [1.54, 1.807) is 22.3 Å². The van der Waals surface area contributed by atoms with E-state index in [9.17, 15) is 23.1 Å². The fraction of sp³-hybridized carbons (Fsp3) is 0.655. The van der Waals surface area contributed by atoms with Gasteiger partial charge in [0.1, 0.15) is 10.6 Å². The number of carbonyl (C=O) groups is 1. The molecule has 2 heterocycles. The zero-order valence-electron chi connectivity index (χ0n) is 22.6. The molecule has 3 aliphatic rings. The second kappa shape index (κ2) is 12.0. The van der Waals surface area contributed by atoms with Gasteiger partial charge in [-0.15, -0.1) is 11.3 Å².